The van der Waals surface area contributed by atoms with E-state index in [-0.39, 0.29) is 17.1 Å². The van der Waals surface area contributed by atoms with Crippen LogP contribution in [0.3, 0.4) is 0 Å². The Labute approximate surface area is 150 Å². The molecule has 0 fully saturated rings. The van der Waals surface area contributed by atoms with Crippen LogP contribution in [0.25, 0.3) is 11.2 Å². The Hall–Kier alpha value is -2.50. The van der Waals surface area contributed by atoms with Crippen LogP contribution in [0.2, 0.25) is 0 Å². The predicted octanol–water partition coefficient (Wildman–Crippen LogP) is -1.44. The van der Waals surface area contributed by atoms with E-state index < -0.39 is 49.4 Å². The average Bonchev–Trinajstić information content (AvgIpc) is 3.00. The summed E-state index contributed by atoms with van der Waals surface area (Å²) in [7, 11) is 0. The topological polar surface area (TPSA) is 171 Å². The molecule has 0 aliphatic carbocycles. The van der Waals surface area contributed by atoms with Crippen molar-refractivity contribution in [3.05, 3.63) is 16.7 Å². The molecular weight excluding hydrogens is 332 g/mol. The van der Waals surface area contributed by atoms with Gasteiger partial charge in [-0.05, 0) is 5.92 Å². The van der Waals surface area contributed by atoms with E-state index in [1.807, 2.05) is 0 Å². The molecule has 11 nitrogen and oxygen atoms in total. The third-order valence-corrected chi connectivity index (χ3v) is 3.18. The predicted molar refractivity (Wildman–Crippen MR) is 88.3 cm³/mol. The highest BCUT2D eigenvalue weighted by molar-refractivity contribution is 5.75. The summed E-state index contributed by atoms with van der Waals surface area (Å²) in [5, 5.41) is 9.81. The molecule has 2 heterocycles. The lowest BCUT2D eigenvalue weighted by molar-refractivity contribution is -0.153. The maximum Gasteiger partial charge on any atom is 0.323 e. The van der Waals surface area contributed by atoms with Crippen molar-refractivity contribution >= 4 is 23.1 Å². The second kappa shape index (κ2) is 8.05. The fourth-order valence-electron chi connectivity index (χ4n) is 1.72. The Balaban J connectivity index is 2.36. The molecule has 0 saturated carbocycles. The van der Waals surface area contributed by atoms with Crippen molar-refractivity contribution in [3.8, 4) is 0 Å². The Bertz CT molecular complexity index is 990. The van der Waals surface area contributed by atoms with Crippen LogP contribution in [0.1, 0.15) is 20.7 Å². The first-order valence-corrected chi connectivity index (χ1v) is 7.16. The van der Waals surface area contributed by atoms with Crippen molar-refractivity contribution < 1.29 is 26.2 Å². The molecule has 0 bridgehead atoms. The lowest BCUT2D eigenvalue weighted by Crippen LogP contribution is -2.39. The van der Waals surface area contributed by atoms with Gasteiger partial charge < -0.3 is 26.0 Å². The minimum atomic E-state index is -3.64. The van der Waals surface area contributed by atoms with Crippen LogP contribution in [-0.2, 0) is 21.0 Å². The number of fused-ring (bicyclic) bond motifs is 1. The van der Waals surface area contributed by atoms with Crippen molar-refractivity contribution in [2.24, 2.45) is 11.7 Å². The number of nitrogen functional groups attached to an aromatic ring is 1. The molecule has 2 aromatic rings. The number of nitrogens with two attached hydrogens (primary N) is 2. The van der Waals surface area contributed by atoms with Gasteiger partial charge in [0.15, 0.2) is 11.2 Å². The van der Waals surface area contributed by atoms with E-state index in [9.17, 15) is 14.7 Å². The number of nitrogens with zero attached hydrogens (tertiary/aromatic N) is 3. The number of anilines is 1. The van der Waals surface area contributed by atoms with Crippen molar-refractivity contribution in [3.63, 3.8) is 0 Å². The van der Waals surface area contributed by atoms with E-state index in [0.717, 1.165) is 10.9 Å². The molecule has 0 spiro atoms. The molecule has 2 rings (SSSR count). The fourth-order valence-corrected chi connectivity index (χ4v) is 1.72. The number of esters is 1. The van der Waals surface area contributed by atoms with Crippen LogP contribution in [0.4, 0.5) is 5.95 Å². The minimum absolute atomic E-state index is 0.100. The van der Waals surface area contributed by atoms with Gasteiger partial charge >= 0.3 is 5.97 Å². The number of nitrogens with one attached hydrogen (secondary N) is 1. The smallest absolute Gasteiger partial charge is 0.323 e. The molecule has 0 aliphatic rings. The Morgan fingerprint density at radius 3 is 2.96 bits per heavy atom. The number of carbonyl (C=O) groups excluding carboxylic acids is 1. The molecular formula is C14H22N6O5. The lowest BCUT2D eigenvalue weighted by atomic mass is 10.1. The summed E-state index contributed by atoms with van der Waals surface area (Å²) < 4.78 is 49.5. The lowest BCUT2D eigenvalue weighted by Gasteiger charge is -2.19. The minimum Gasteiger partial charge on any atom is -0.462 e. The number of imidazole rings is 1. The standard InChI is InChI=1S/C14H22N6O5/c1-7(2)9(15)13(23)24-4-8(3-21)25-6-20-5-17-10-11(20)18-14(16)19-12(10)22/h5,7-9,21H,3-4,6,15H2,1-2H3,(H3,16,18,19,22)/t8?,9-/m0/s1/i3D2,4D2,8D. The first-order chi connectivity index (χ1) is 13.6. The van der Waals surface area contributed by atoms with Gasteiger partial charge in [-0.15, -0.1) is 0 Å². The SMILES string of the molecule is [2H]C([2H])(O)C([2H])(OCn1cnc2c(=O)[nH]c(N)nc21)C([2H])([2H])OC(=O)[C@@H](N)C(C)C. The number of ether oxygens (including phenoxy) is 2. The molecule has 1 unspecified atom stereocenters. The van der Waals surface area contributed by atoms with Crippen LogP contribution in [0, 0.1) is 5.92 Å². The Morgan fingerprint density at radius 2 is 2.32 bits per heavy atom. The van der Waals surface area contributed by atoms with Crippen LogP contribution in [0.15, 0.2) is 11.1 Å². The fraction of sp³-hybridized carbons (Fsp3) is 0.571. The molecule has 0 amide bonds. The van der Waals surface area contributed by atoms with E-state index in [2.05, 4.69) is 19.7 Å². The Kier molecular flexibility index (Phi) is 4.12. The van der Waals surface area contributed by atoms with Gasteiger partial charge in [-0.1, -0.05) is 13.8 Å². The van der Waals surface area contributed by atoms with Crippen molar-refractivity contribution in [1.29, 1.82) is 0 Å². The molecule has 6 N–H and O–H groups in total. The van der Waals surface area contributed by atoms with Gasteiger partial charge in [0.2, 0.25) is 5.95 Å². The van der Waals surface area contributed by atoms with E-state index in [1.54, 1.807) is 13.8 Å². The van der Waals surface area contributed by atoms with Gasteiger partial charge in [0.25, 0.3) is 5.56 Å². The maximum atomic E-state index is 12.0. The number of hydrogen-bond acceptors (Lipinski definition) is 9. The molecule has 138 valence electrons. The quantitative estimate of drug-likeness (QED) is 0.412. The van der Waals surface area contributed by atoms with Gasteiger partial charge in [0.1, 0.15) is 25.4 Å². The number of aliphatic hydroxyl groups is 1. The monoisotopic (exact) mass is 359 g/mol. The molecule has 0 aliphatic heterocycles. The zero-order valence-corrected chi connectivity index (χ0v) is 13.5. The summed E-state index contributed by atoms with van der Waals surface area (Å²) >= 11 is 0. The highest BCUT2D eigenvalue weighted by Crippen LogP contribution is 2.08. The zero-order chi connectivity index (χ0) is 23.1. The second-order valence-electron chi connectivity index (χ2n) is 5.35. The highest BCUT2D eigenvalue weighted by atomic mass is 16.6. The summed E-state index contributed by atoms with van der Waals surface area (Å²) in [4.78, 5) is 33.7. The van der Waals surface area contributed by atoms with E-state index in [0.29, 0.717) is 0 Å². The molecule has 0 radical (unpaired) electrons. The maximum absolute atomic E-state index is 12.0. The molecule has 0 aromatic carbocycles. The van der Waals surface area contributed by atoms with Crippen LogP contribution in [-0.4, -0.2) is 55.8 Å². The molecule has 2 atom stereocenters. The first kappa shape index (κ1) is 12.8. The van der Waals surface area contributed by atoms with E-state index >= 15 is 0 Å². The first-order valence-electron chi connectivity index (χ1n) is 9.66. The summed E-state index contributed by atoms with van der Waals surface area (Å²) in [5.74, 6) is -1.95. The second-order valence-corrected chi connectivity index (χ2v) is 5.35. The number of H-pyrrole nitrogens is 1. The summed E-state index contributed by atoms with van der Waals surface area (Å²) in [5.41, 5.74) is 10.1. The number of aromatic nitrogens is 4. The zero-order valence-electron chi connectivity index (χ0n) is 18.5. The van der Waals surface area contributed by atoms with Gasteiger partial charge in [-0.25, -0.2) is 4.98 Å². The number of carbonyl (C=O) groups is 1. The number of aromatic amines is 1. The summed E-state index contributed by atoms with van der Waals surface area (Å²) in [6, 6.07) is -1.26. The van der Waals surface area contributed by atoms with Gasteiger partial charge in [-0.2, -0.15) is 4.98 Å². The molecule has 25 heavy (non-hydrogen) atoms. The van der Waals surface area contributed by atoms with Gasteiger partial charge in [-0.3, -0.25) is 19.1 Å². The van der Waals surface area contributed by atoms with Gasteiger partial charge in [0.05, 0.1) is 19.7 Å². The van der Waals surface area contributed by atoms with Crippen molar-refractivity contribution in [1.82, 2.24) is 19.5 Å². The normalized spacial score (nSPS) is 19.3. The summed E-state index contributed by atoms with van der Waals surface area (Å²) in [6.45, 7) is -4.78. The highest BCUT2D eigenvalue weighted by Gasteiger charge is 2.21. The van der Waals surface area contributed by atoms with Gasteiger partial charge in [0, 0.05) is 0 Å². The average molecular weight is 359 g/mol. The van der Waals surface area contributed by atoms with E-state index in [1.165, 1.54) is 0 Å². The third kappa shape index (κ3) is 4.53. The van der Waals surface area contributed by atoms with Crippen molar-refractivity contribution in [2.45, 2.75) is 32.7 Å². The largest absolute Gasteiger partial charge is 0.462 e. The number of hydrogen-bond donors (Lipinski definition) is 4. The van der Waals surface area contributed by atoms with Crippen LogP contribution in [0.5, 0.6) is 0 Å². The van der Waals surface area contributed by atoms with Crippen LogP contribution >= 0.6 is 0 Å². The third-order valence-electron chi connectivity index (χ3n) is 3.18. The molecule has 0 saturated heterocycles. The van der Waals surface area contributed by atoms with Crippen molar-refractivity contribution in [2.75, 3.05) is 18.9 Å². The van der Waals surface area contributed by atoms with Crippen LogP contribution < -0.4 is 17.0 Å². The Morgan fingerprint density at radius 1 is 1.60 bits per heavy atom. The molecule has 2 aromatic heterocycles. The van der Waals surface area contributed by atoms with E-state index in [4.69, 9.17) is 23.1 Å². The summed E-state index contributed by atoms with van der Waals surface area (Å²) in [6.07, 6.45) is -2.41. The number of rotatable bonds is 8. The molecule has 11 heteroatoms.